The van der Waals surface area contributed by atoms with Crippen LogP contribution in [0.2, 0.25) is 5.02 Å². The van der Waals surface area contributed by atoms with Gasteiger partial charge in [-0.3, -0.25) is 4.79 Å². The van der Waals surface area contributed by atoms with Crippen LogP contribution in [-0.4, -0.2) is 4.57 Å². The van der Waals surface area contributed by atoms with Crippen molar-refractivity contribution in [2.24, 2.45) is 12.8 Å². The maximum absolute atomic E-state index is 13.1. The molecule has 6 heteroatoms. The number of fused-ring (bicyclic) bond motifs is 3. The first-order valence-corrected chi connectivity index (χ1v) is 8.35. The zero-order valence-corrected chi connectivity index (χ0v) is 14.6. The third-order valence-electron chi connectivity index (χ3n) is 4.65. The number of aryl methyl sites for hydroxylation is 1. The smallest absolute Gasteiger partial charge is 0.258 e. The first kappa shape index (κ1) is 16.2. The topological polar surface area (TPSA) is 81.0 Å². The van der Waals surface area contributed by atoms with Crippen LogP contribution in [0.5, 0.6) is 5.75 Å². The van der Waals surface area contributed by atoms with E-state index in [-0.39, 0.29) is 17.0 Å². The van der Waals surface area contributed by atoms with Gasteiger partial charge >= 0.3 is 0 Å². The number of rotatable bonds is 1. The number of para-hydroxylation sites is 1. The molecule has 0 aliphatic carbocycles. The predicted molar refractivity (Wildman–Crippen MR) is 99.9 cm³/mol. The molecule has 1 aliphatic heterocycles. The van der Waals surface area contributed by atoms with Crippen molar-refractivity contribution >= 4 is 22.5 Å². The van der Waals surface area contributed by atoms with Gasteiger partial charge in [-0.2, -0.15) is 5.26 Å². The molecule has 3 aromatic rings. The fourth-order valence-electron chi connectivity index (χ4n) is 3.45. The molecule has 0 saturated carbocycles. The highest BCUT2D eigenvalue weighted by Crippen LogP contribution is 2.43. The molecular weight excluding hydrogens is 350 g/mol. The first-order valence-electron chi connectivity index (χ1n) is 7.97. The molecule has 128 valence electrons. The Kier molecular flexibility index (Phi) is 3.71. The Morgan fingerprint density at radius 2 is 2.00 bits per heavy atom. The van der Waals surface area contributed by atoms with E-state index < -0.39 is 5.92 Å². The SMILES string of the molecule is Cn1c(=O)c2c(c3ccccc31)OC(N)=C(C#N)[C@H]2c1cccc(Cl)c1. The molecule has 4 rings (SSSR count). The molecule has 2 aromatic carbocycles. The van der Waals surface area contributed by atoms with Gasteiger partial charge in [0.05, 0.1) is 17.0 Å². The number of nitrogens with zero attached hydrogens (tertiary/aromatic N) is 2. The van der Waals surface area contributed by atoms with Crippen LogP contribution in [0.1, 0.15) is 17.0 Å². The maximum atomic E-state index is 13.1. The number of ether oxygens (including phenoxy) is 1. The largest absolute Gasteiger partial charge is 0.439 e. The molecule has 1 atom stereocenters. The Bertz CT molecular complexity index is 1190. The molecule has 0 amide bonds. The van der Waals surface area contributed by atoms with Crippen LogP contribution in [0.3, 0.4) is 0 Å². The van der Waals surface area contributed by atoms with Crippen molar-refractivity contribution in [1.82, 2.24) is 4.57 Å². The van der Waals surface area contributed by atoms with Crippen LogP contribution >= 0.6 is 11.6 Å². The zero-order valence-electron chi connectivity index (χ0n) is 13.9. The predicted octanol–water partition coefficient (Wildman–Crippen LogP) is 3.41. The number of pyridine rings is 1. The van der Waals surface area contributed by atoms with Gasteiger partial charge in [0.15, 0.2) is 0 Å². The van der Waals surface area contributed by atoms with Gasteiger partial charge in [0.25, 0.3) is 5.56 Å². The summed E-state index contributed by atoms with van der Waals surface area (Å²) >= 11 is 6.14. The van der Waals surface area contributed by atoms with E-state index in [2.05, 4.69) is 6.07 Å². The van der Waals surface area contributed by atoms with E-state index in [1.165, 1.54) is 0 Å². The summed E-state index contributed by atoms with van der Waals surface area (Å²) in [6.07, 6.45) is 0. The van der Waals surface area contributed by atoms with Gasteiger partial charge in [-0.15, -0.1) is 0 Å². The van der Waals surface area contributed by atoms with Crippen LogP contribution < -0.4 is 16.0 Å². The third-order valence-corrected chi connectivity index (χ3v) is 4.88. The van der Waals surface area contributed by atoms with Crippen molar-refractivity contribution in [3.8, 4) is 11.8 Å². The minimum absolute atomic E-state index is 0.00313. The summed E-state index contributed by atoms with van der Waals surface area (Å²) in [5, 5.41) is 10.9. The highest BCUT2D eigenvalue weighted by Gasteiger charge is 2.35. The Balaban J connectivity index is 2.14. The summed E-state index contributed by atoms with van der Waals surface area (Å²) in [5.41, 5.74) is 7.85. The molecule has 5 nitrogen and oxygen atoms in total. The summed E-state index contributed by atoms with van der Waals surface area (Å²) in [6.45, 7) is 0. The van der Waals surface area contributed by atoms with Gasteiger partial charge in [0, 0.05) is 17.5 Å². The Hall–Kier alpha value is -3.23. The van der Waals surface area contributed by atoms with Crippen molar-refractivity contribution < 1.29 is 4.74 Å². The Labute approximate surface area is 154 Å². The van der Waals surface area contributed by atoms with Crippen molar-refractivity contribution in [3.63, 3.8) is 0 Å². The minimum atomic E-state index is -0.634. The molecule has 2 N–H and O–H groups in total. The fourth-order valence-corrected chi connectivity index (χ4v) is 3.64. The van der Waals surface area contributed by atoms with Gasteiger partial charge < -0.3 is 15.0 Å². The number of hydrogen-bond acceptors (Lipinski definition) is 4. The number of benzene rings is 2. The van der Waals surface area contributed by atoms with Crippen LogP contribution in [0.15, 0.2) is 64.8 Å². The molecule has 1 aromatic heterocycles. The van der Waals surface area contributed by atoms with Gasteiger partial charge in [0.2, 0.25) is 5.88 Å². The molecule has 1 aliphatic rings. The molecule has 2 heterocycles. The van der Waals surface area contributed by atoms with Gasteiger partial charge in [0.1, 0.15) is 17.4 Å². The first-order chi connectivity index (χ1) is 12.5. The van der Waals surface area contributed by atoms with E-state index in [0.29, 0.717) is 21.9 Å². The van der Waals surface area contributed by atoms with E-state index in [1.54, 1.807) is 29.8 Å². The van der Waals surface area contributed by atoms with Crippen molar-refractivity contribution in [3.05, 3.63) is 86.5 Å². The summed E-state index contributed by atoms with van der Waals surface area (Å²) < 4.78 is 7.32. The van der Waals surface area contributed by atoms with E-state index in [1.807, 2.05) is 30.3 Å². The molecule has 0 spiro atoms. The lowest BCUT2D eigenvalue weighted by Gasteiger charge is -2.27. The highest BCUT2D eigenvalue weighted by molar-refractivity contribution is 6.30. The van der Waals surface area contributed by atoms with Crippen LogP contribution in [0.4, 0.5) is 0 Å². The second kappa shape index (κ2) is 5.94. The number of allylic oxidation sites excluding steroid dienone is 1. The quantitative estimate of drug-likeness (QED) is 0.718. The molecule has 26 heavy (non-hydrogen) atoms. The lowest BCUT2D eigenvalue weighted by Crippen LogP contribution is -2.31. The third kappa shape index (κ3) is 2.27. The number of nitrogens with two attached hydrogens (primary N) is 1. The zero-order chi connectivity index (χ0) is 18.4. The highest BCUT2D eigenvalue weighted by atomic mass is 35.5. The molecule has 0 bridgehead atoms. The summed E-state index contributed by atoms with van der Waals surface area (Å²) in [6, 6.07) is 16.6. The normalized spacial score (nSPS) is 16.1. The lowest BCUT2D eigenvalue weighted by atomic mass is 9.83. The van der Waals surface area contributed by atoms with Crippen molar-refractivity contribution in [1.29, 1.82) is 5.26 Å². The number of hydrogen-bond donors (Lipinski definition) is 1. The van der Waals surface area contributed by atoms with E-state index >= 15 is 0 Å². The number of halogens is 1. The average Bonchev–Trinajstić information content (AvgIpc) is 2.65. The second-order valence-corrected chi connectivity index (χ2v) is 6.54. The van der Waals surface area contributed by atoms with Crippen molar-refractivity contribution in [2.75, 3.05) is 0 Å². The van der Waals surface area contributed by atoms with Crippen LogP contribution in [0.25, 0.3) is 10.9 Å². The Morgan fingerprint density at radius 1 is 1.23 bits per heavy atom. The van der Waals surface area contributed by atoms with E-state index in [0.717, 1.165) is 10.9 Å². The fraction of sp³-hybridized carbons (Fsp3) is 0.100. The maximum Gasteiger partial charge on any atom is 0.258 e. The summed E-state index contributed by atoms with van der Waals surface area (Å²) in [4.78, 5) is 13.1. The number of nitriles is 1. The summed E-state index contributed by atoms with van der Waals surface area (Å²) in [7, 11) is 1.70. The molecule has 0 saturated heterocycles. The summed E-state index contributed by atoms with van der Waals surface area (Å²) in [5.74, 6) is -0.237. The van der Waals surface area contributed by atoms with E-state index in [4.69, 9.17) is 22.1 Å². The standard InChI is InChI=1S/C20H14ClN3O2/c1-24-15-8-3-2-7-13(15)18-17(20(24)25)16(14(10-22)19(23)26-18)11-5-4-6-12(21)9-11/h2-9,16H,23H2,1H3/t16-/m1/s1. The Morgan fingerprint density at radius 3 is 2.73 bits per heavy atom. The van der Waals surface area contributed by atoms with Gasteiger partial charge in [-0.25, -0.2) is 0 Å². The monoisotopic (exact) mass is 363 g/mol. The van der Waals surface area contributed by atoms with Crippen LogP contribution in [-0.2, 0) is 7.05 Å². The van der Waals surface area contributed by atoms with Crippen LogP contribution in [0, 0.1) is 11.3 Å². The molecule has 0 fully saturated rings. The van der Waals surface area contributed by atoms with Gasteiger partial charge in [-0.1, -0.05) is 35.9 Å². The van der Waals surface area contributed by atoms with Gasteiger partial charge in [-0.05, 0) is 29.8 Å². The molecule has 0 radical (unpaired) electrons. The second-order valence-electron chi connectivity index (χ2n) is 6.10. The number of aromatic nitrogens is 1. The molecule has 0 unspecified atom stereocenters. The molecular formula is C20H14ClN3O2. The van der Waals surface area contributed by atoms with Crippen molar-refractivity contribution in [2.45, 2.75) is 5.92 Å². The minimum Gasteiger partial charge on any atom is -0.439 e. The lowest BCUT2D eigenvalue weighted by molar-refractivity contribution is 0.396. The average molecular weight is 364 g/mol. The van der Waals surface area contributed by atoms with E-state index in [9.17, 15) is 10.1 Å².